The SMILES string of the molecule is CCCCC(NC(=O)CC)=C(Cc1ccc(-c2ccccc2C#N)nc1)C(=O)OC. The lowest BCUT2D eigenvalue weighted by atomic mass is 10.00. The number of unbranched alkanes of at least 4 members (excludes halogenated alkanes) is 1. The van der Waals surface area contributed by atoms with E-state index >= 15 is 0 Å². The maximum atomic E-state index is 12.5. The summed E-state index contributed by atoms with van der Waals surface area (Å²) in [6.07, 6.45) is 4.69. The average molecular weight is 405 g/mol. The van der Waals surface area contributed by atoms with E-state index in [-0.39, 0.29) is 5.91 Å². The van der Waals surface area contributed by atoms with Crippen LogP contribution in [-0.4, -0.2) is 24.0 Å². The number of ether oxygens (including phenoxy) is 1. The topological polar surface area (TPSA) is 92.1 Å². The maximum absolute atomic E-state index is 12.5. The third-order valence-corrected chi connectivity index (χ3v) is 4.72. The van der Waals surface area contributed by atoms with Gasteiger partial charge in [-0.3, -0.25) is 9.78 Å². The summed E-state index contributed by atoms with van der Waals surface area (Å²) in [5, 5.41) is 12.2. The summed E-state index contributed by atoms with van der Waals surface area (Å²) < 4.78 is 4.98. The number of pyridine rings is 1. The number of benzene rings is 1. The lowest BCUT2D eigenvalue weighted by molar-refractivity contribution is -0.136. The van der Waals surface area contributed by atoms with Crippen LogP contribution < -0.4 is 5.32 Å². The Morgan fingerprint density at radius 1 is 1.17 bits per heavy atom. The molecule has 156 valence electrons. The highest BCUT2D eigenvalue weighted by molar-refractivity contribution is 5.91. The third kappa shape index (κ3) is 6.02. The van der Waals surface area contributed by atoms with E-state index in [1.807, 2.05) is 30.3 Å². The molecule has 0 unspecified atom stereocenters. The number of amides is 1. The smallest absolute Gasteiger partial charge is 0.335 e. The molecule has 0 atom stereocenters. The van der Waals surface area contributed by atoms with Crippen LogP contribution in [0.25, 0.3) is 11.3 Å². The summed E-state index contributed by atoms with van der Waals surface area (Å²) in [6, 6.07) is 13.1. The molecule has 0 saturated heterocycles. The molecule has 0 aliphatic heterocycles. The van der Waals surface area contributed by atoms with Gasteiger partial charge in [-0.15, -0.1) is 0 Å². The number of nitrogens with zero attached hydrogens (tertiary/aromatic N) is 2. The first kappa shape index (κ1) is 22.8. The van der Waals surface area contributed by atoms with Gasteiger partial charge in [-0.2, -0.15) is 5.26 Å². The summed E-state index contributed by atoms with van der Waals surface area (Å²) in [5.41, 5.74) is 3.85. The van der Waals surface area contributed by atoms with Gasteiger partial charge in [0.1, 0.15) is 0 Å². The van der Waals surface area contributed by atoms with Gasteiger partial charge in [-0.25, -0.2) is 4.79 Å². The highest BCUT2D eigenvalue weighted by Crippen LogP contribution is 2.23. The number of carbonyl (C=O) groups excluding carboxylic acids is 2. The second-order valence-corrected chi connectivity index (χ2v) is 6.84. The van der Waals surface area contributed by atoms with Crippen molar-refractivity contribution in [3.8, 4) is 17.3 Å². The van der Waals surface area contributed by atoms with Crippen LogP contribution in [0.3, 0.4) is 0 Å². The first-order chi connectivity index (χ1) is 14.5. The second kappa shape index (κ2) is 11.5. The van der Waals surface area contributed by atoms with Gasteiger partial charge in [0.15, 0.2) is 0 Å². The van der Waals surface area contributed by atoms with Crippen LogP contribution in [0.4, 0.5) is 0 Å². The molecule has 1 aromatic heterocycles. The molecule has 30 heavy (non-hydrogen) atoms. The first-order valence-corrected chi connectivity index (χ1v) is 10.1. The van der Waals surface area contributed by atoms with Crippen LogP contribution in [0.15, 0.2) is 53.9 Å². The molecule has 2 aromatic rings. The van der Waals surface area contributed by atoms with Crippen LogP contribution in [0.5, 0.6) is 0 Å². The molecule has 0 saturated carbocycles. The largest absolute Gasteiger partial charge is 0.466 e. The lowest BCUT2D eigenvalue weighted by Gasteiger charge is -2.15. The Balaban J connectivity index is 2.36. The van der Waals surface area contributed by atoms with Crippen molar-refractivity contribution in [2.45, 2.75) is 46.0 Å². The number of nitriles is 1. The number of esters is 1. The van der Waals surface area contributed by atoms with E-state index in [4.69, 9.17) is 4.74 Å². The van der Waals surface area contributed by atoms with E-state index in [2.05, 4.69) is 23.3 Å². The minimum absolute atomic E-state index is 0.135. The Morgan fingerprint density at radius 3 is 2.53 bits per heavy atom. The molecule has 0 bridgehead atoms. The Labute approximate surface area is 177 Å². The molecule has 0 fully saturated rings. The van der Waals surface area contributed by atoms with E-state index < -0.39 is 5.97 Å². The molecule has 6 heteroatoms. The average Bonchev–Trinajstić information content (AvgIpc) is 2.80. The molecule has 0 spiro atoms. The number of aromatic nitrogens is 1. The van der Waals surface area contributed by atoms with Crippen LogP contribution in [0.1, 0.15) is 50.7 Å². The summed E-state index contributed by atoms with van der Waals surface area (Å²) in [4.78, 5) is 28.9. The number of rotatable bonds is 9. The van der Waals surface area contributed by atoms with Crippen molar-refractivity contribution >= 4 is 11.9 Å². The molecule has 1 heterocycles. The molecule has 6 nitrogen and oxygen atoms in total. The minimum Gasteiger partial charge on any atom is -0.466 e. The van der Waals surface area contributed by atoms with Crippen molar-refractivity contribution in [3.05, 3.63) is 65.0 Å². The molecule has 1 amide bonds. The molecule has 2 rings (SSSR count). The van der Waals surface area contributed by atoms with Gasteiger partial charge >= 0.3 is 5.97 Å². The van der Waals surface area contributed by atoms with Gasteiger partial charge in [0.05, 0.1) is 30.0 Å². The van der Waals surface area contributed by atoms with E-state index in [0.717, 1.165) is 24.0 Å². The van der Waals surface area contributed by atoms with Gasteiger partial charge in [-0.05, 0) is 30.5 Å². The predicted octanol–water partition coefficient (Wildman–Crippen LogP) is 4.31. The Hall–Kier alpha value is -3.46. The van der Waals surface area contributed by atoms with Crippen LogP contribution in [0, 0.1) is 11.3 Å². The Bertz CT molecular complexity index is 956. The standard InChI is InChI=1S/C24H27N3O3/c1-4-6-11-22(27-23(28)5-2)20(24(29)30-3)14-17-12-13-21(26-16-17)19-10-8-7-9-18(19)15-25/h7-10,12-13,16H,4-6,11,14H2,1-3H3,(H,27,28). The van der Waals surface area contributed by atoms with Crippen molar-refractivity contribution in [2.75, 3.05) is 7.11 Å². The highest BCUT2D eigenvalue weighted by atomic mass is 16.5. The van der Waals surface area contributed by atoms with E-state index in [1.165, 1.54) is 7.11 Å². The van der Waals surface area contributed by atoms with Crippen LogP contribution >= 0.6 is 0 Å². The van der Waals surface area contributed by atoms with E-state index in [9.17, 15) is 14.9 Å². The molecule has 0 radical (unpaired) electrons. The number of methoxy groups -OCH3 is 1. The van der Waals surface area contributed by atoms with Gasteiger partial charge < -0.3 is 10.1 Å². The fourth-order valence-electron chi connectivity index (χ4n) is 3.02. The van der Waals surface area contributed by atoms with Gasteiger partial charge in [0.25, 0.3) is 0 Å². The summed E-state index contributed by atoms with van der Waals surface area (Å²) >= 11 is 0. The molecular weight excluding hydrogens is 378 g/mol. The maximum Gasteiger partial charge on any atom is 0.335 e. The second-order valence-electron chi connectivity index (χ2n) is 6.84. The zero-order valence-electron chi connectivity index (χ0n) is 17.7. The molecule has 0 aliphatic carbocycles. The number of hydrogen-bond acceptors (Lipinski definition) is 5. The summed E-state index contributed by atoms with van der Waals surface area (Å²) in [5.74, 6) is -0.597. The predicted molar refractivity (Wildman–Crippen MR) is 115 cm³/mol. The summed E-state index contributed by atoms with van der Waals surface area (Å²) in [6.45, 7) is 3.82. The Kier molecular flexibility index (Phi) is 8.76. The number of nitrogens with one attached hydrogen (secondary N) is 1. The van der Waals surface area contributed by atoms with E-state index in [0.29, 0.717) is 41.8 Å². The first-order valence-electron chi connectivity index (χ1n) is 10.1. The van der Waals surface area contributed by atoms with Gasteiger partial charge in [0, 0.05) is 30.3 Å². The summed E-state index contributed by atoms with van der Waals surface area (Å²) in [7, 11) is 1.33. The van der Waals surface area contributed by atoms with Crippen molar-refractivity contribution in [2.24, 2.45) is 0 Å². The Morgan fingerprint density at radius 2 is 1.93 bits per heavy atom. The van der Waals surface area contributed by atoms with Crippen molar-refractivity contribution in [3.63, 3.8) is 0 Å². The van der Waals surface area contributed by atoms with Crippen molar-refractivity contribution in [1.29, 1.82) is 5.26 Å². The van der Waals surface area contributed by atoms with Crippen LogP contribution in [0.2, 0.25) is 0 Å². The monoisotopic (exact) mass is 405 g/mol. The molecular formula is C24H27N3O3. The normalized spacial score (nSPS) is 11.3. The van der Waals surface area contributed by atoms with Crippen molar-refractivity contribution < 1.29 is 14.3 Å². The highest BCUT2D eigenvalue weighted by Gasteiger charge is 2.18. The number of carbonyl (C=O) groups is 2. The molecule has 1 aromatic carbocycles. The fourth-order valence-corrected chi connectivity index (χ4v) is 3.02. The van der Waals surface area contributed by atoms with Gasteiger partial charge in [-0.1, -0.05) is 44.5 Å². The van der Waals surface area contributed by atoms with Crippen LogP contribution in [-0.2, 0) is 20.7 Å². The zero-order valence-corrected chi connectivity index (χ0v) is 17.7. The van der Waals surface area contributed by atoms with E-state index in [1.54, 1.807) is 19.2 Å². The number of hydrogen-bond donors (Lipinski definition) is 1. The molecule has 1 N–H and O–H groups in total. The van der Waals surface area contributed by atoms with Crippen molar-refractivity contribution in [1.82, 2.24) is 10.3 Å². The number of allylic oxidation sites excluding steroid dienone is 1. The molecule has 0 aliphatic rings. The third-order valence-electron chi connectivity index (χ3n) is 4.72. The quantitative estimate of drug-likeness (QED) is 0.496. The lowest BCUT2D eigenvalue weighted by Crippen LogP contribution is -2.26. The zero-order chi connectivity index (χ0) is 21.9. The fraction of sp³-hybridized carbons (Fsp3) is 0.333. The van der Waals surface area contributed by atoms with Gasteiger partial charge in [0.2, 0.25) is 5.91 Å². The minimum atomic E-state index is -0.462.